The van der Waals surface area contributed by atoms with Gasteiger partial charge in [-0.2, -0.15) is 0 Å². The maximum Gasteiger partial charge on any atom is 0.251 e. The van der Waals surface area contributed by atoms with E-state index in [0.29, 0.717) is 17.9 Å². The average molecular weight is 335 g/mol. The largest absolute Gasteiger partial charge is 0.348 e. The fourth-order valence-electron chi connectivity index (χ4n) is 2.52. The van der Waals surface area contributed by atoms with E-state index in [9.17, 15) is 4.79 Å². The minimum absolute atomic E-state index is 0.119. The highest BCUT2D eigenvalue weighted by atomic mass is 16.1. The molecule has 3 rings (SSSR count). The molecule has 6 heteroatoms. The first-order valence-corrected chi connectivity index (χ1v) is 8.26. The number of amides is 1. The second kappa shape index (κ2) is 7.25. The lowest BCUT2D eigenvalue weighted by molar-refractivity contribution is 0.0951. The predicted octanol–water partition coefficient (Wildman–Crippen LogP) is 3.16. The van der Waals surface area contributed by atoms with Crippen molar-refractivity contribution < 1.29 is 4.79 Å². The van der Waals surface area contributed by atoms with E-state index in [4.69, 9.17) is 0 Å². The summed E-state index contributed by atoms with van der Waals surface area (Å²) < 4.78 is 1.74. The Bertz CT molecular complexity index is 868. The van der Waals surface area contributed by atoms with E-state index in [0.717, 1.165) is 11.1 Å². The summed E-state index contributed by atoms with van der Waals surface area (Å²) in [5.41, 5.74) is 3.68. The molecule has 128 valence electrons. The number of nitrogens with one attached hydrogen (secondary N) is 1. The average Bonchev–Trinajstić information content (AvgIpc) is 3.11. The van der Waals surface area contributed by atoms with Crippen LogP contribution in [0.15, 0.2) is 48.5 Å². The molecule has 25 heavy (non-hydrogen) atoms. The van der Waals surface area contributed by atoms with Crippen LogP contribution in [0, 0.1) is 6.92 Å². The molecule has 0 saturated heterocycles. The molecule has 0 unspecified atom stereocenters. The summed E-state index contributed by atoms with van der Waals surface area (Å²) >= 11 is 0. The molecule has 1 N–H and O–H groups in total. The Kier molecular flexibility index (Phi) is 4.88. The predicted molar refractivity (Wildman–Crippen MR) is 96.0 cm³/mol. The van der Waals surface area contributed by atoms with Gasteiger partial charge in [0.1, 0.15) is 0 Å². The van der Waals surface area contributed by atoms with E-state index in [1.807, 2.05) is 63.2 Å². The van der Waals surface area contributed by atoms with Crippen LogP contribution in [0.4, 0.5) is 0 Å². The summed E-state index contributed by atoms with van der Waals surface area (Å²) in [6.45, 7) is 6.56. The summed E-state index contributed by atoms with van der Waals surface area (Å²) in [5.74, 6) is 0.536. The molecule has 0 aliphatic carbocycles. The number of carbonyl (C=O) groups is 1. The molecule has 0 bridgehead atoms. The highest BCUT2D eigenvalue weighted by Crippen LogP contribution is 2.20. The molecule has 0 aliphatic heterocycles. The Balaban J connectivity index is 1.75. The summed E-state index contributed by atoms with van der Waals surface area (Å²) in [5, 5.41) is 14.8. The van der Waals surface area contributed by atoms with Gasteiger partial charge in [0.25, 0.3) is 5.91 Å². The molecule has 0 aliphatic rings. The second-order valence-corrected chi connectivity index (χ2v) is 6.29. The SMILES string of the molecule is Cc1ccc(CNC(=O)c2cccc(-c3nnnn3C(C)C)c2)cc1. The number of carbonyl (C=O) groups excluding carboxylic acids is 1. The minimum atomic E-state index is -0.119. The Morgan fingerprint density at radius 2 is 1.92 bits per heavy atom. The van der Waals surface area contributed by atoms with Crippen molar-refractivity contribution in [3.8, 4) is 11.4 Å². The third-order valence-corrected chi connectivity index (χ3v) is 3.94. The van der Waals surface area contributed by atoms with Gasteiger partial charge in [0.2, 0.25) is 0 Å². The van der Waals surface area contributed by atoms with E-state index >= 15 is 0 Å². The van der Waals surface area contributed by atoms with E-state index in [2.05, 4.69) is 20.8 Å². The standard InChI is InChI=1S/C19H21N5O/c1-13(2)24-18(21-22-23-24)16-5-4-6-17(11-16)19(25)20-12-15-9-7-14(3)8-10-15/h4-11,13H,12H2,1-3H3,(H,20,25). The number of rotatable bonds is 5. The maximum atomic E-state index is 12.5. The van der Waals surface area contributed by atoms with Crippen molar-refractivity contribution in [2.75, 3.05) is 0 Å². The first kappa shape index (κ1) is 16.8. The van der Waals surface area contributed by atoms with Gasteiger partial charge in [0.15, 0.2) is 5.82 Å². The van der Waals surface area contributed by atoms with Crippen LogP contribution >= 0.6 is 0 Å². The van der Waals surface area contributed by atoms with Crippen molar-refractivity contribution in [1.82, 2.24) is 25.5 Å². The summed E-state index contributed by atoms with van der Waals surface area (Å²) in [6, 6.07) is 15.6. The van der Waals surface area contributed by atoms with Gasteiger partial charge in [-0.3, -0.25) is 4.79 Å². The van der Waals surface area contributed by atoms with E-state index < -0.39 is 0 Å². The molecule has 2 aromatic carbocycles. The van der Waals surface area contributed by atoms with E-state index in [1.54, 1.807) is 10.7 Å². The number of aromatic nitrogens is 4. The highest BCUT2D eigenvalue weighted by molar-refractivity contribution is 5.95. The molecule has 1 amide bonds. The first-order valence-electron chi connectivity index (χ1n) is 8.26. The molecule has 1 heterocycles. The van der Waals surface area contributed by atoms with Crippen LogP contribution in [-0.4, -0.2) is 26.1 Å². The van der Waals surface area contributed by atoms with Crippen LogP contribution in [0.1, 0.15) is 41.4 Å². The van der Waals surface area contributed by atoms with Crippen molar-refractivity contribution in [1.29, 1.82) is 0 Å². The molecular weight excluding hydrogens is 314 g/mol. The van der Waals surface area contributed by atoms with Gasteiger partial charge in [-0.1, -0.05) is 42.0 Å². The Morgan fingerprint density at radius 1 is 1.16 bits per heavy atom. The highest BCUT2D eigenvalue weighted by Gasteiger charge is 2.13. The van der Waals surface area contributed by atoms with Crippen molar-refractivity contribution in [3.63, 3.8) is 0 Å². The first-order chi connectivity index (χ1) is 12.0. The molecule has 6 nitrogen and oxygen atoms in total. The number of hydrogen-bond acceptors (Lipinski definition) is 4. The van der Waals surface area contributed by atoms with Gasteiger partial charge >= 0.3 is 0 Å². The van der Waals surface area contributed by atoms with Gasteiger partial charge in [-0.15, -0.1) is 5.10 Å². The molecule has 0 saturated carbocycles. The van der Waals surface area contributed by atoms with Crippen LogP contribution in [-0.2, 0) is 6.54 Å². The zero-order chi connectivity index (χ0) is 17.8. The topological polar surface area (TPSA) is 72.7 Å². The van der Waals surface area contributed by atoms with Crippen molar-refractivity contribution in [2.45, 2.75) is 33.4 Å². The number of benzene rings is 2. The zero-order valence-corrected chi connectivity index (χ0v) is 14.6. The van der Waals surface area contributed by atoms with Crippen molar-refractivity contribution in [3.05, 3.63) is 65.2 Å². The van der Waals surface area contributed by atoms with Gasteiger partial charge in [0, 0.05) is 17.7 Å². The third-order valence-electron chi connectivity index (χ3n) is 3.94. The molecule has 0 spiro atoms. The van der Waals surface area contributed by atoms with Gasteiger partial charge in [0.05, 0.1) is 6.04 Å². The van der Waals surface area contributed by atoms with Gasteiger partial charge in [-0.05, 0) is 48.9 Å². The second-order valence-electron chi connectivity index (χ2n) is 6.29. The van der Waals surface area contributed by atoms with E-state index in [-0.39, 0.29) is 11.9 Å². The van der Waals surface area contributed by atoms with Gasteiger partial charge in [-0.25, -0.2) is 4.68 Å². The lowest BCUT2D eigenvalue weighted by Crippen LogP contribution is -2.22. The fraction of sp³-hybridized carbons (Fsp3) is 0.263. The molecular formula is C19H21N5O. The molecule has 0 radical (unpaired) electrons. The lowest BCUT2D eigenvalue weighted by Gasteiger charge is -2.09. The number of nitrogens with zero attached hydrogens (tertiary/aromatic N) is 4. The third kappa shape index (κ3) is 3.91. The molecule has 0 fully saturated rings. The lowest BCUT2D eigenvalue weighted by atomic mass is 10.1. The minimum Gasteiger partial charge on any atom is -0.348 e. The summed E-state index contributed by atoms with van der Waals surface area (Å²) in [6.07, 6.45) is 0. The number of tetrazole rings is 1. The Hall–Kier alpha value is -3.02. The maximum absolute atomic E-state index is 12.5. The smallest absolute Gasteiger partial charge is 0.251 e. The normalized spacial score (nSPS) is 10.9. The number of hydrogen-bond donors (Lipinski definition) is 1. The summed E-state index contributed by atoms with van der Waals surface area (Å²) in [7, 11) is 0. The Labute approximate surface area is 146 Å². The van der Waals surface area contributed by atoms with Crippen molar-refractivity contribution >= 4 is 5.91 Å². The molecule has 3 aromatic rings. The molecule has 0 atom stereocenters. The van der Waals surface area contributed by atoms with Crippen molar-refractivity contribution in [2.24, 2.45) is 0 Å². The van der Waals surface area contributed by atoms with Crippen LogP contribution in [0.5, 0.6) is 0 Å². The summed E-state index contributed by atoms with van der Waals surface area (Å²) in [4.78, 5) is 12.5. The van der Waals surface area contributed by atoms with Gasteiger partial charge < -0.3 is 5.32 Å². The van der Waals surface area contributed by atoms with Crippen LogP contribution in [0.25, 0.3) is 11.4 Å². The quantitative estimate of drug-likeness (QED) is 0.777. The monoisotopic (exact) mass is 335 g/mol. The van der Waals surface area contributed by atoms with Crippen LogP contribution in [0.2, 0.25) is 0 Å². The molecule has 1 aromatic heterocycles. The van der Waals surface area contributed by atoms with Crippen LogP contribution < -0.4 is 5.32 Å². The van der Waals surface area contributed by atoms with Crippen LogP contribution in [0.3, 0.4) is 0 Å². The number of aryl methyl sites for hydroxylation is 1. The Morgan fingerprint density at radius 3 is 2.64 bits per heavy atom. The zero-order valence-electron chi connectivity index (χ0n) is 14.6. The van der Waals surface area contributed by atoms with E-state index in [1.165, 1.54) is 5.56 Å². The fourth-order valence-corrected chi connectivity index (χ4v) is 2.52.